The molecule has 1 aromatic heterocycles. The molecule has 0 fully saturated rings. The van der Waals surface area contributed by atoms with Gasteiger partial charge in [-0.1, -0.05) is 0 Å². The summed E-state index contributed by atoms with van der Waals surface area (Å²) < 4.78 is 22.0. The molecule has 0 unspecified atom stereocenters. The van der Waals surface area contributed by atoms with Gasteiger partial charge in [0.05, 0.1) is 21.3 Å². The number of methoxy groups -OCH3 is 3. The van der Waals surface area contributed by atoms with Crippen LogP contribution >= 0.6 is 0 Å². The van der Waals surface area contributed by atoms with Crippen LogP contribution in [0.15, 0.2) is 28.7 Å². The van der Waals surface area contributed by atoms with Crippen molar-refractivity contribution in [2.45, 2.75) is 41.0 Å². The van der Waals surface area contributed by atoms with Crippen molar-refractivity contribution in [2.75, 3.05) is 26.6 Å². The maximum absolute atomic E-state index is 12.9. The van der Waals surface area contributed by atoms with E-state index < -0.39 is 0 Å². The number of hydrogen-bond donors (Lipinski definition) is 1. The number of hydrogen-bond acceptors (Lipinski definition) is 5. The first-order valence-corrected chi connectivity index (χ1v) is 10.5. The molecule has 32 heavy (non-hydrogen) atoms. The summed E-state index contributed by atoms with van der Waals surface area (Å²) in [6.07, 6.45) is 0.627. The molecule has 0 radical (unpaired) electrons. The van der Waals surface area contributed by atoms with Crippen molar-refractivity contribution in [3.8, 4) is 17.2 Å². The molecule has 0 aliphatic carbocycles. The van der Waals surface area contributed by atoms with E-state index in [9.17, 15) is 4.79 Å². The number of anilines is 1. The zero-order valence-electron chi connectivity index (χ0n) is 20.1. The Bertz CT molecular complexity index is 1110. The summed E-state index contributed by atoms with van der Waals surface area (Å²) in [7, 11) is 4.59. The molecule has 170 valence electrons. The molecule has 0 saturated carbocycles. The third-order valence-electron chi connectivity index (χ3n) is 6.35. The highest BCUT2D eigenvalue weighted by molar-refractivity contribution is 6.04. The molecule has 2 aromatic carbocycles. The molecule has 6 heteroatoms. The van der Waals surface area contributed by atoms with E-state index in [2.05, 4.69) is 39.9 Å². The van der Waals surface area contributed by atoms with Gasteiger partial charge >= 0.3 is 0 Å². The van der Waals surface area contributed by atoms with E-state index in [0.717, 1.165) is 5.76 Å². The van der Waals surface area contributed by atoms with Crippen LogP contribution in [0.4, 0.5) is 5.69 Å². The lowest BCUT2D eigenvalue weighted by molar-refractivity contribution is 0.0994. The predicted molar refractivity (Wildman–Crippen MR) is 126 cm³/mol. The first-order valence-electron chi connectivity index (χ1n) is 10.5. The first-order chi connectivity index (χ1) is 15.2. The van der Waals surface area contributed by atoms with Crippen molar-refractivity contribution < 1.29 is 23.4 Å². The second kappa shape index (κ2) is 9.39. The zero-order chi connectivity index (χ0) is 23.6. The Labute approximate surface area is 189 Å². The highest BCUT2D eigenvalue weighted by Crippen LogP contribution is 2.39. The van der Waals surface area contributed by atoms with Crippen LogP contribution in [-0.4, -0.2) is 27.2 Å². The van der Waals surface area contributed by atoms with Crippen LogP contribution in [0.3, 0.4) is 0 Å². The molecule has 0 aliphatic rings. The molecule has 3 aromatic rings. The minimum atomic E-state index is -0.386. The fraction of sp³-hybridized carbons (Fsp3) is 0.346. The molecule has 1 amide bonds. The smallest absolute Gasteiger partial charge is 0.291 e. The molecule has 3 rings (SSSR count). The second-order valence-electron chi connectivity index (χ2n) is 7.91. The van der Waals surface area contributed by atoms with Gasteiger partial charge in [0.25, 0.3) is 5.91 Å². The third-order valence-corrected chi connectivity index (χ3v) is 6.35. The number of nitrogens with one attached hydrogen (secondary N) is 1. The van der Waals surface area contributed by atoms with Crippen LogP contribution in [0.2, 0.25) is 0 Å². The molecule has 0 spiro atoms. The monoisotopic (exact) mass is 437 g/mol. The van der Waals surface area contributed by atoms with Crippen molar-refractivity contribution in [2.24, 2.45) is 0 Å². The van der Waals surface area contributed by atoms with E-state index in [1.807, 2.05) is 6.07 Å². The Morgan fingerprint density at radius 3 is 1.84 bits per heavy atom. The maximum Gasteiger partial charge on any atom is 0.291 e. The van der Waals surface area contributed by atoms with E-state index >= 15 is 0 Å². The molecule has 0 atom stereocenters. The average Bonchev–Trinajstić information content (AvgIpc) is 3.28. The third kappa shape index (κ3) is 4.31. The summed E-state index contributed by atoms with van der Waals surface area (Å²) in [5.41, 5.74) is 8.10. The summed E-state index contributed by atoms with van der Waals surface area (Å²) >= 11 is 0. The SMILES string of the molecule is COc1cc(OC)c(NC(=O)c2ccc(Cc3c(C)c(C)c(C)c(C)c3C)o2)c(OC)c1. The zero-order valence-corrected chi connectivity index (χ0v) is 20.1. The van der Waals surface area contributed by atoms with Crippen LogP contribution in [-0.2, 0) is 6.42 Å². The van der Waals surface area contributed by atoms with Crippen molar-refractivity contribution >= 4 is 11.6 Å². The minimum absolute atomic E-state index is 0.218. The van der Waals surface area contributed by atoms with Crippen LogP contribution in [0.25, 0.3) is 0 Å². The quantitative estimate of drug-likeness (QED) is 0.514. The minimum Gasteiger partial charge on any atom is -0.496 e. The van der Waals surface area contributed by atoms with Gasteiger partial charge in [0.2, 0.25) is 0 Å². The molecule has 0 aliphatic heterocycles. The number of carbonyl (C=O) groups is 1. The molecule has 0 saturated heterocycles. The number of amides is 1. The van der Waals surface area contributed by atoms with Crippen LogP contribution in [0.5, 0.6) is 17.2 Å². The molecule has 1 N–H and O–H groups in total. The average molecular weight is 438 g/mol. The summed E-state index contributed by atoms with van der Waals surface area (Å²) in [6.45, 7) is 10.7. The lowest BCUT2D eigenvalue weighted by Gasteiger charge is -2.18. The van der Waals surface area contributed by atoms with Gasteiger partial charge in [-0.25, -0.2) is 0 Å². The summed E-state index contributed by atoms with van der Waals surface area (Å²) in [5, 5.41) is 2.84. The number of carbonyl (C=O) groups excluding carboxylic acids is 1. The lowest BCUT2D eigenvalue weighted by Crippen LogP contribution is -2.13. The van der Waals surface area contributed by atoms with Crippen LogP contribution in [0.1, 0.15) is 49.7 Å². The van der Waals surface area contributed by atoms with Crippen molar-refractivity contribution in [1.82, 2.24) is 0 Å². The molecule has 0 bridgehead atoms. The first kappa shape index (κ1) is 23.3. The lowest BCUT2D eigenvalue weighted by atomic mass is 9.88. The van der Waals surface area contributed by atoms with Gasteiger partial charge in [-0.3, -0.25) is 4.79 Å². The van der Waals surface area contributed by atoms with Crippen molar-refractivity contribution in [3.05, 3.63) is 69.2 Å². The largest absolute Gasteiger partial charge is 0.496 e. The number of ether oxygens (including phenoxy) is 3. The highest BCUT2D eigenvalue weighted by Gasteiger charge is 2.20. The Morgan fingerprint density at radius 2 is 1.34 bits per heavy atom. The van der Waals surface area contributed by atoms with E-state index in [0.29, 0.717) is 29.4 Å². The fourth-order valence-corrected chi connectivity index (χ4v) is 3.92. The Hall–Kier alpha value is -3.41. The second-order valence-corrected chi connectivity index (χ2v) is 7.91. The molecule has 6 nitrogen and oxygen atoms in total. The number of benzene rings is 2. The van der Waals surface area contributed by atoms with Crippen molar-refractivity contribution in [3.63, 3.8) is 0 Å². The van der Waals surface area contributed by atoms with Crippen molar-refractivity contribution in [1.29, 1.82) is 0 Å². The van der Waals surface area contributed by atoms with Crippen LogP contribution in [0, 0.1) is 34.6 Å². The van der Waals surface area contributed by atoms with E-state index in [4.69, 9.17) is 18.6 Å². The van der Waals surface area contributed by atoms with Gasteiger partial charge in [0.1, 0.15) is 28.7 Å². The van der Waals surface area contributed by atoms with Gasteiger partial charge in [0.15, 0.2) is 5.76 Å². The normalized spacial score (nSPS) is 10.8. The van der Waals surface area contributed by atoms with Crippen LogP contribution < -0.4 is 19.5 Å². The van der Waals surface area contributed by atoms with Gasteiger partial charge in [-0.15, -0.1) is 0 Å². The molecular formula is C26H31NO5. The summed E-state index contributed by atoms with van der Waals surface area (Å²) in [6, 6.07) is 6.89. The molecular weight excluding hydrogens is 406 g/mol. The topological polar surface area (TPSA) is 69.9 Å². The maximum atomic E-state index is 12.9. The number of furan rings is 1. The fourth-order valence-electron chi connectivity index (χ4n) is 3.92. The van der Waals surface area contributed by atoms with Gasteiger partial charge < -0.3 is 23.9 Å². The van der Waals surface area contributed by atoms with Gasteiger partial charge in [-0.2, -0.15) is 0 Å². The Balaban J connectivity index is 1.87. The van der Waals surface area contributed by atoms with E-state index in [1.165, 1.54) is 47.6 Å². The van der Waals surface area contributed by atoms with Gasteiger partial charge in [-0.05, 0) is 80.1 Å². The van der Waals surface area contributed by atoms with Gasteiger partial charge in [0, 0.05) is 18.6 Å². The Kier molecular flexibility index (Phi) is 6.82. The summed E-state index contributed by atoms with van der Waals surface area (Å²) in [5.74, 6) is 1.99. The standard InChI is InChI=1S/C26H31NO5/c1-14-15(2)17(4)21(18(5)16(14)3)11-19-9-10-22(32-19)26(28)27-25-23(30-7)12-20(29-6)13-24(25)31-8/h9-10,12-13H,11H2,1-8H3,(H,27,28). The number of rotatable bonds is 7. The highest BCUT2D eigenvalue weighted by atomic mass is 16.5. The predicted octanol–water partition coefficient (Wildman–Crippen LogP) is 5.69. The van der Waals surface area contributed by atoms with E-state index in [1.54, 1.807) is 25.3 Å². The van der Waals surface area contributed by atoms with E-state index in [-0.39, 0.29) is 11.7 Å². The summed E-state index contributed by atoms with van der Waals surface area (Å²) in [4.78, 5) is 12.9. The Morgan fingerprint density at radius 1 is 0.812 bits per heavy atom. The molecule has 1 heterocycles.